The minimum absolute atomic E-state index is 0.0204. The number of carbonyl (C=O) groups excluding carboxylic acids is 2. The first-order valence-corrected chi connectivity index (χ1v) is 9.30. The van der Waals surface area contributed by atoms with Crippen LogP contribution in [0.1, 0.15) is 48.5 Å². The molecule has 2 N–H and O–H groups in total. The maximum Gasteiger partial charge on any atom is 0.266 e. The molecule has 3 rings (SSSR count). The quantitative estimate of drug-likeness (QED) is 0.882. The Labute approximate surface area is 160 Å². The van der Waals surface area contributed by atoms with Crippen LogP contribution in [-0.2, 0) is 4.79 Å². The number of likely N-dealkylation sites (tertiary alicyclic amines) is 1. The molecule has 1 aliphatic heterocycles. The number of hydrogen-bond donors (Lipinski definition) is 1. The van der Waals surface area contributed by atoms with Gasteiger partial charge in [-0.3, -0.25) is 9.59 Å². The number of rotatable bonds is 5. The van der Waals surface area contributed by atoms with Crippen molar-refractivity contribution in [2.45, 2.75) is 38.2 Å². The van der Waals surface area contributed by atoms with Gasteiger partial charge >= 0.3 is 0 Å². The highest BCUT2D eigenvalue weighted by molar-refractivity contribution is 5.92. The van der Waals surface area contributed by atoms with E-state index in [9.17, 15) is 9.59 Å². The minimum atomic E-state index is -0.978. The van der Waals surface area contributed by atoms with Gasteiger partial charge in [0, 0.05) is 18.7 Å². The van der Waals surface area contributed by atoms with Crippen LogP contribution in [0.4, 0.5) is 0 Å². The zero-order valence-electron chi connectivity index (χ0n) is 15.9. The third-order valence-corrected chi connectivity index (χ3v) is 5.08. The summed E-state index contributed by atoms with van der Waals surface area (Å²) in [5.41, 5.74) is 6.02. The number of amides is 2. The highest BCUT2D eigenvalue weighted by Crippen LogP contribution is 2.29. The Kier molecular flexibility index (Phi) is 5.49. The summed E-state index contributed by atoms with van der Waals surface area (Å²) in [6.07, 6.45) is 1.91. The predicted octanol–water partition coefficient (Wildman–Crippen LogP) is 3.35. The molecule has 0 aromatic heterocycles. The van der Waals surface area contributed by atoms with Gasteiger partial charge in [0.1, 0.15) is 5.75 Å². The van der Waals surface area contributed by atoms with Gasteiger partial charge in [-0.2, -0.15) is 0 Å². The van der Waals surface area contributed by atoms with Crippen LogP contribution in [0.2, 0.25) is 0 Å². The van der Waals surface area contributed by atoms with E-state index < -0.39 is 11.5 Å². The second-order valence-electron chi connectivity index (χ2n) is 7.48. The van der Waals surface area contributed by atoms with Crippen molar-refractivity contribution in [1.29, 1.82) is 0 Å². The van der Waals surface area contributed by atoms with E-state index in [0.717, 1.165) is 25.9 Å². The van der Waals surface area contributed by atoms with E-state index >= 15 is 0 Å². The molecule has 0 saturated carbocycles. The summed E-state index contributed by atoms with van der Waals surface area (Å²) in [7, 11) is 0. The predicted molar refractivity (Wildman–Crippen MR) is 105 cm³/mol. The number of primary amides is 1. The number of piperidine rings is 1. The van der Waals surface area contributed by atoms with Gasteiger partial charge in [0.05, 0.1) is 0 Å². The molecular weight excluding hydrogens is 340 g/mol. The molecule has 0 unspecified atom stereocenters. The SMILES string of the molecule is CC(C)(Oc1ccc(C(N)=O)cc1)C(=O)N1CCC(c2ccccc2)CC1. The Hall–Kier alpha value is -2.82. The largest absolute Gasteiger partial charge is 0.478 e. The minimum Gasteiger partial charge on any atom is -0.478 e. The average Bonchev–Trinajstić information content (AvgIpc) is 2.68. The molecule has 1 saturated heterocycles. The Morgan fingerprint density at radius 3 is 2.15 bits per heavy atom. The normalized spacial score (nSPS) is 15.4. The topological polar surface area (TPSA) is 72.6 Å². The summed E-state index contributed by atoms with van der Waals surface area (Å²) in [5, 5.41) is 0. The molecule has 0 bridgehead atoms. The molecule has 5 nitrogen and oxygen atoms in total. The third kappa shape index (κ3) is 4.48. The lowest BCUT2D eigenvalue weighted by Gasteiger charge is -2.37. The first-order chi connectivity index (χ1) is 12.9. The van der Waals surface area contributed by atoms with Crippen LogP contribution in [0.3, 0.4) is 0 Å². The van der Waals surface area contributed by atoms with Crippen LogP contribution in [0, 0.1) is 0 Å². The number of hydrogen-bond acceptors (Lipinski definition) is 3. The Balaban J connectivity index is 1.60. The molecule has 2 aromatic rings. The van der Waals surface area contributed by atoms with Crippen molar-refractivity contribution in [2.24, 2.45) is 5.73 Å². The Bertz CT molecular complexity index is 792. The third-order valence-electron chi connectivity index (χ3n) is 5.08. The van der Waals surface area contributed by atoms with E-state index in [4.69, 9.17) is 10.5 Å². The Morgan fingerprint density at radius 1 is 1.00 bits per heavy atom. The number of carbonyl (C=O) groups is 2. The second-order valence-corrected chi connectivity index (χ2v) is 7.48. The summed E-state index contributed by atoms with van der Waals surface area (Å²) in [4.78, 5) is 26.0. The lowest BCUT2D eigenvalue weighted by molar-refractivity contribution is -0.146. The smallest absolute Gasteiger partial charge is 0.266 e. The van der Waals surface area contributed by atoms with Crippen molar-refractivity contribution in [1.82, 2.24) is 4.90 Å². The zero-order valence-corrected chi connectivity index (χ0v) is 15.9. The highest BCUT2D eigenvalue weighted by Gasteiger charge is 2.36. The standard InChI is InChI=1S/C22H26N2O3/c1-22(2,27-19-10-8-18(9-11-19)20(23)25)21(26)24-14-12-17(13-15-24)16-6-4-3-5-7-16/h3-11,17H,12-15H2,1-2H3,(H2,23,25). The van der Waals surface area contributed by atoms with Gasteiger partial charge in [-0.15, -0.1) is 0 Å². The van der Waals surface area contributed by atoms with Crippen molar-refractivity contribution >= 4 is 11.8 Å². The number of nitrogens with zero attached hydrogens (tertiary/aromatic N) is 1. The molecule has 1 aliphatic rings. The summed E-state index contributed by atoms with van der Waals surface area (Å²) >= 11 is 0. The molecule has 27 heavy (non-hydrogen) atoms. The monoisotopic (exact) mass is 366 g/mol. The fourth-order valence-electron chi connectivity index (χ4n) is 3.55. The van der Waals surface area contributed by atoms with Crippen molar-refractivity contribution < 1.29 is 14.3 Å². The van der Waals surface area contributed by atoms with E-state index in [1.165, 1.54) is 5.56 Å². The molecule has 0 aliphatic carbocycles. The summed E-state index contributed by atoms with van der Waals surface area (Å²) < 4.78 is 5.92. The lowest BCUT2D eigenvalue weighted by Crippen LogP contribution is -2.51. The van der Waals surface area contributed by atoms with Crippen LogP contribution < -0.4 is 10.5 Å². The number of benzene rings is 2. The molecule has 142 valence electrons. The number of ether oxygens (including phenoxy) is 1. The van der Waals surface area contributed by atoms with Gasteiger partial charge in [0.2, 0.25) is 5.91 Å². The molecule has 2 amide bonds. The number of nitrogens with two attached hydrogens (primary N) is 1. The molecule has 5 heteroatoms. The maximum absolute atomic E-state index is 13.0. The average molecular weight is 366 g/mol. The molecule has 0 atom stereocenters. The summed E-state index contributed by atoms with van der Waals surface area (Å²) in [6.45, 7) is 5.01. The Morgan fingerprint density at radius 2 is 1.59 bits per heavy atom. The molecule has 2 aromatic carbocycles. The van der Waals surface area contributed by atoms with Crippen LogP contribution in [-0.4, -0.2) is 35.4 Å². The van der Waals surface area contributed by atoms with Crippen LogP contribution >= 0.6 is 0 Å². The molecule has 0 spiro atoms. The van der Waals surface area contributed by atoms with Crippen LogP contribution in [0.15, 0.2) is 54.6 Å². The van der Waals surface area contributed by atoms with Gasteiger partial charge in [0.15, 0.2) is 5.60 Å². The van der Waals surface area contributed by atoms with Crippen molar-refractivity contribution in [3.8, 4) is 5.75 Å². The lowest BCUT2D eigenvalue weighted by atomic mass is 9.89. The molecule has 1 heterocycles. The van der Waals surface area contributed by atoms with Gasteiger partial charge in [-0.25, -0.2) is 0 Å². The van der Waals surface area contributed by atoms with Gasteiger partial charge in [0.25, 0.3) is 5.91 Å². The van der Waals surface area contributed by atoms with E-state index in [0.29, 0.717) is 17.2 Å². The maximum atomic E-state index is 13.0. The van der Waals surface area contributed by atoms with E-state index in [1.807, 2.05) is 11.0 Å². The van der Waals surface area contributed by atoms with Crippen LogP contribution in [0.5, 0.6) is 5.75 Å². The van der Waals surface area contributed by atoms with Gasteiger partial charge in [-0.1, -0.05) is 30.3 Å². The summed E-state index contributed by atoms with van der Waals surface area (Å²) in [6, 6.07) is 17.0. The molecular formula is C22H26N2O3. The molecule has 1 fully saturated rings. The first kappa shape index (κ1) is 19.0. The van der Waals surface area contributed by atoms with Crippen molar-refractivity contribution in [3.05, 3.63) is 65.7 Å². The van der Waals surface area contributed by atoms with Crippen LogP contribution in [0.25, 0.3) is 0 Å². The van der Waals surface area contributed by atoms with E-state index in [-0.39, 0.29) is 5.91 Å². The zero-order chi connectivity index (χ0) is 19.4. The van der Waals surface area contributed by atoms with Crippen molar-refractivity contribution in [2.75, 3.05) is 13.1 Å². The second kappa shape index (κ2) is 7.82. The van der Waals surface area contributed by atoms with E-state index in [2.05, 4.69) is 24.3 Å². The summed E-state index contributed by atoms with van der Waals surface area (Å²) in [5.74, 6) is 0.532. The van der Waals surface area contributed by atoms with E-state index in [1.54, 1.807) is 38.1 Å². The van der Waals surface area contributed by atoms with Gasteiger partial charge < -0.3 is 15.4 Å². The van der Waals surface area contributed by atoms with Gasteiger partial charge in [-0.05, 0) is 62.4 Å². The fourth-order valence-corrected chi connectivity index (χ4v) is 3.55. The molecule has 0 radical (unpaired) electrons. The highest BCUT2D eigenvalue weighted by atomic mass is 16.5. The van der Waals surface area contributed by atoms with Crippen molar-refractivity contribution in [3.63, 3.8) is 0 Å². The first-order valence-electron chi connectivity index (χ1n) is 9.30. The fraction of sp³-hybridized carbons (Fsp3) is 0.364.